The Bertz CT molecular complexity index is 492. The quantitative estimate of drug-likeness (QED) is 0.892. The van der Waals surface area contributed by atoms with E-state index in [0.29, 0.717) is 11.6 Å². The summed E-state index contributed by atoms with van der Waals surface area (Å²) in [7, 11) is 1.71. The highest BCUT2D eigenvalue weighted by molar-refractivity contribution is 5.88. The van der Waals surface area contributed by atoms with Crippen LogP contribution in [-0.4, -0.2) is 46.8 Å². The predicted molar refractivity (Wildman–Crippen MR) is 70.6 cm³/mol. The summed E-state index contributed by atoms with van der Waals surface area (Å²) in [5, 5.41) is 8.97. The maximum absolute atomic E-state index is 10.9. The van der Waals surface area contributed by atoms with E-state index in [4.69, 9.17) is 9.84 Å². The van der Waals surface area contributed by atoms with E-state index in [2.05, 4.69) is 16.9 Å². The molecule has 1 aromatic heterocycles. The lowest BCUT2D eigenvalue weighted by atomic mass is 9.95. The standard InChI is InChI=1S/C13H19N3O3/c1-9-10(11(17)18)7-14-12(15-9)16-6-4-5-13(2,8-16)19-3/h7H,4-6,8H2,1-3H3,(H,17,18). The molecule has 6 nitrogen and oxygen atoms in total. The normalized spacial score (nSPS) is 23.4. The highest BCUT2D eigenvalue weighted by atomic mass is 16.5. The Kier molecular flexibility index (Phi) is 3.71. The smallest absolute Gasteiger partial charge is 0.339 e. The first-order valence-electron chi connectivity index (χ1n) is 6.32. The number of hydrogen-bond donors (Lipinski definition) is 1. The van der Waals surface area contributed by atoms with E-state index in [0.717, 1.165) is 25.9 Å². The SMILES string of the molecule is COC1(C)CCCN(c2ncc(C(=O)O)c(C)n2)C1. The third-order valence-electron chi connectivity index (χ3n) is 3.63. The molecule has 104 valence electrons. The van der Waals surface area contributed by atoms with Crippen LogP contribution < -0.4 is 4.90 Å². The molecule has 0 saturated carbocycles. The van der Waals surface area contributed by atoms with Crippen LogP contribution in [-0.2, 0) is 4.74 Å². The Morgan fingerprint density at radius 2 is 2.32 bits per heavy atom. The number of aromatic nitrogens is 2. The number of carbonyl (C=O) groups is 1. The number of piperidine rings is 1. The van der Waals surface area contributed by atoms with Gasteiger partial charge in [-0.1, -0.05) is 0 Å². The monoisotopic (exact) mass is 265 g/mol. The lowest BCUT2D eigenvalue weighted by Gasteiger charge is -2.39. The second kappa shape index (κ2) is 5.13. The summed E-state index contributed by atoms with van der Waals surface area (Å²) in [4.78, 5) is 21.5. The van der Waals surface area contributed by atoms with Crippen LogP contribution in [0.4, 0.5) is 5.95 Å². The Morgan fingerprint density at radius 3 is 2.89 bits per heavy atom. The maximum atomic E-state index is 10.9. The van der Waals surface area contributed by atoms with Crippen molar-refractivity contribution >= 4 is 11.9 Å². The number of carboxylic acids is 1. The van der Waals surface area contributed by atoms with Crippen molar-refractivity contribution < 1.29 is 14.6 Å². The summed E-state index contributed by atoms with van der Waals surface area (Å²) >= 11 is 0. The van der Waals surface area contributed by atoms with Crippen LogP contribution in [0.2, 0.25) is 0 Å². The zero-order valence-corrected chi connectivity index (χ0v) is 11.5. The number of ether oxygens (including phenoxy) is 1. The van der Waals surface area contributed by atoms with Gasteiger partial charge in [-0.05, 0) is 26.7 Å². The topological polar surface area (TPSA) is 75.5 Å². The van der Waals surface area contributed by atoms with Gasteiger partial charge in [0.2, 0.25) is 5.95 Å². The number of hydrogen-bond acceptors (Lipinski definition) is 5. The highest BCUT2D eigenvalue weighted by Crippen LogP contribution is 2.26. The van der Waals surface area contributed by atoms with Crippen molar-refractivity contribution in [3.63, 3.8) is 0 Å². The number of anilines is 1. The Labute approximate surface area is 112 Å². The molecule has 0 spiro atoms. The molecule has 1 saturated heterocycles. The molecule has 2 heterocycles. The number of methoxy groups -OCH3 is 1. The molecule has 19 heavy (non-hydrogen) atoms. The van der Waals surface area contributed by atoms with Gasteiger partial charge in [0, 0.05) is 26.4 Å². The van der Waals surface area contributed by atoms with Crippen LogP contribution in [0.3, 0.4) is 0 Å². The molecule has 1 N–H and O–H groups in total. The van der Waals surface area contributed by atoms with Gasteiger partial charge in [-0.2, -0.15) is 0 Å². The van der Waals surface area contributed by atoms with Crippen LogP contribution >= 0.6 is 0 Å². The van der Waals surface area contributed by atoms with E-state index in [9.17, 15) is 4.79 Å². The van der Waals surface area contributed by atoms with Gasteiger partial charge >= 0.3 is 5.97 Å². The van der Waals surface area contributed by atoms with E-state index < -0.39 is 5.97 Å². The highest BCUT2D eigenvalue weighted by Gasteiger charge is 2.32. The van der Waals surface area contributed by atoms with Crippen LogP contribution in [0.25, 0.3) is 0 Å². The third-order valence-corrected chi connectivity index (χ3v) is 3.63. The van der Waals surface area contributed by atoms with Crippen LogP contribution in [0.5, 0.6) is 0 Å². The van der Waals surface area contributed by atoms with Crippen molar-refractivity contribution in [3.05, 3.63) is 17.5 Å². The molecular weight excluding hydrogens is 246 g/mol. The second-order valence-electron chi connectivity index (χ2n) is 5.15. The van der Waals surface area contributed by atoms with Gasteiger partial charge in [0.25, 0.3) is 0 Å². The van der Waals surface area contributed by atoms with Crippen molar-refractivity contribution in [2.24, 2.45) is 0 Å². The molecule has 1 aliphatic rings. The molecule has 0 aromatic carbocycles. The minimum Gasteiger partial charge on any atom is -0.478 e. The number of nitrogens with zero attached hydrogens (tertiary/aromatic N) is 3. The molecule has 1 aromatic rings. The van der Waals surface area contributed by atoms with Crippen molar-refractivity contribution in [2.75, 3.05) is 25.1 Å². The first-order valence-corrected chi connectivity index (χ1v) is 6.32. The minimum absolute atomic E-state index is 0.148. The molecule has 1 unspecified atom stereocenters. The van der Waals surface area contributed by atoms with E-state index in [1.807, 2.05) is 4.90 Å². The third kappa shape index (κ3) is 2.84. The largest absolute Gasteiger partial charge is 0.478 e. The van der Waals surface area contributed by atoms with Crippen LogP contribution in [0, 0.1) is 6.92 Å². The van der Waals surface area contributed by atoms with Gasteiger partial charge in [0.15, 0.2) is 0 Å². The van der Waals surface area contributed by atoms with Crippen LogP contribution in [0.15, 0.2) is 6.20 Å². The molecule has 2 rings (SSSR count). The van der Waals surface area contributed by atoms with E-state index in [-0.39, 0.29) is 11.2 Å². The molecule has 0 aliphatic carbocycles. The molecule has 1 fully saturated rings. The maximum Gasteiger partial charge on any atom is 0.339 e. The molecule has 0 bridgehead atoms. The zero-order valence-electron chi connectivity index (χ0n) is 11.5. The average molecular weight is 265 g/mol. The fourth-order valence-electron chi connectivity index (χ4n) is 2.36. The number of rotatable bonds is 3. The van der Waals surface area contributed by atoms with Gasteiger partial charge in [-0.3, -0.25) is 0 Å². The van der Waals surface area contributed by atoms with Crippen molar-refractivity contribution in [1.29, 1.82) is 0 Å². The van der Waals surface area contributed by atoms with Gasteiger partial charge in [0.05, 0.1) is 16.9 Å². The average Bonchev–Trinajstić information content (AvgIpc) is 2.38. The first-order chi connectivity index (χ1) is 8.95. The predicted octanol–water partition coefficient (Wildman–Crippen LogP) is 1.49. The number of aromatic carboxylic acids is 1. The Morgan fingerprint density at radius 1 is 1.58 bits per heavy atom. The Balaban J connectivity index is 2.23. The summed E-state index contributed by atoms with van der Waals surface area (Å²) in [5.41, 5.74) is 0.443. The lowest BCUT2D eigenvalue weighted by molar-refractivity contribution is -0.00500. The fraction of sp³-hybridized carbons (Fsp3) is 0.615. The molecule has 1 atom stereocenters. The summed E-state index contributed by atoms with van der Waals surface area (Å²) in [6.07, 6.45) is 3.39. The van der Waals surface area contributed by atoms with Gasteiger partial charge in [0.1, 0.15) is 0 Å². The number of aryl methyl sites for hydroxylation is 1. The number of carboxylic acid groups (broad SMARTS) is 1. The second-order valence-corrected chi connectivity index (χ2v) is 5.15. The first kappa shape index (κ1) is 13.7. The van der Waals surface area contributed by atoms with Crippen molar-refractivity contribution in [1.82, 2.24) is 9.97 Å². The Hall–Kier alpha value is -1.69. The molecule has 1 aliphatic heterocycles. The summed E-state index contributed by atoms with van der Waals surface area (Å²) < 4.78 is 5.53. The summed E-state index contributed by atoms with van der Waals surface area (Å²) in [6, 6.07) is 0. The van der Waals surface area contributed by atoms with Crippen molar-refractivity contribution in [2.45, 2.75) is 32.3 Å². The van der Waals surface area contributed by atoms with E-state index >= 15 is 0 Å². The fourth-order valence-corrected chi connectivity index (χ4v) is 2.36. The minimum atomic E-state index is -0.996. The molecule has 0 amide bonds. The van der Waals surface area contributed by atoms with Gasteiger partial charge in [-0.15, -0.1) is 0 Å². The zero-order chi connectivity index (χ0) is 14.0. The lowest BCUT2D eigenvalue weighted by Crippen LogP contribution is -2.48. The molecular formula is C13H19N3O3. The molecule has 6 heteroatoms. The van der Waals surface area contributed by atoms with Gasteiger partial charge < -0.3 is 14.7 Å². The summed E-state index contributed by atoms with van der Waals surface area (Å²) in [5.74, 6) is -0.421. The molecule has 0 radical (unpaired) electrons. The van der Waals surface area contributed by atoms with Crippen LogP contribution in [0.1, 0.15) is 35.8 Å². The van der Waals surface area contributed by atoms with Gasteiger partial charge in [-0.25, -0.2) is 14.8 Å². The summed E-state index contributed by atoms with van der Waals surface area (Å²) in [6.45, 7) is 5.34. The van der Waals surface area contributed by atoms with E-state index in [1.165, 1.54) is 6.20 Å². The van der Waals surface area contributed by atoms with Crippen molar-refractivity contribution in [3.8, 4) is 0 Å². The van der Waals surface area contributed by atoms with E-state index in [1.54, 1.807) is 14.0 Å².